The number of nitrogens with zero attached hydrogens (tertiary/aromatic N) is 1. The smallest absolute Gasteiger partial charge is 0.243 e. The van der Waals surface area contributed by atoms with Gasteiger partial charge in [0.15, 0.2) is 0 Å². The van der Waals surface area contributed by atoms with Crippen molar-refractivity contribution in [2.45, 2.75) is 38.6 Å². The summed E-state index contributed by atoms with van der Waals surface area (Å²) in [5.41, 5.74) is 4.38. The topological polar surface area (TPSA) is 49.4 Å². The number of halogens is 1. The minimum atomic E-state index is -0.607. The summed E-state index contributed by atoms with van der Waals surface area (Å²) in [5, 5.41) is 3.56. The third-order valence-corrected chi connectivity index (χ3v) is 6.85. The molecule has 4 nitrogen and oxygen atoms in total. The number of hydrogen-bond donors (Lipinski definition) is 1. The molecule has 0 saturated heterocycles. The predicted molar refractivity (Wildman–Crippen MR) is 142 cm³/mol. The highest BCUT2D eigenvalue weighted by Gasteiger charge is 2.30. The van der Waals surface area contributed by atoms with E-state index in [0.717, 1.165) is 16.9 Å². The number of nitrogens with one attached hydrogen (secondary N) is 1. The average molecular weight is 495 g/mol. The maximum Gasteiger partial charge on any atom is 0.243 e. The van der Waals surface area contributed by atoms with Crippen molar-refractivity contribution in [3.63, 3.8) is 0 Å². The molecule has 0 heterocycles. The number of amides is 2. The summed E-state index contributed by atoms with van der Waals surface area (Å²) >= 11 is 7.64. The highest BCUT2D eigenvalue weighted by atomic mass is 35.5. The van der Waals surface area contributed by atoms with Gasteiger partial charge in [-0.05, 0) is 48.2 Å². The second-order valence-electron chi connectivity index (χ2n) is 8.17. The summed E-state index contributed by atoms with van der Waals surface area (Å²) in [6.45, 7) is 4.82. The molecule has 0 aliphatic carbocycles. The minimum absolute atomic E-state index is 0.0549. The first-order valence-corrected chi connectivity index (χ1v) is 13.0. The van der Waals surface area contributed by atoms with Crippen LogP contribution in [0.2, 0.25) is 5.02 Å². The van der Waals surface area contributed by atoms with Crippen molar-refractivity contribution in [2.24, 2.45) is 0 Å². The fourth-order valence-electron chi connectivity index (χ4n) is 3.74. The quantitative estimate of drug-likeness (QED) is 0.374. The van der Waals surface area contributed by atoms with Gasteiger partial charge in [-0.25, -0.2) is 0 Å². The zero-order valence-corrected chi connectivity index (χ0v) is 21.2. The molecule has 1 atom stereocenters. The number of likely N-dealkylation sites (N-methyl/N-ethyl adjacent to an activating group) is 1. The lowest BCUT2D eigenvalue weighted by Crippen LogP contribution is -2.51. The Morgan fingerprint density at radius 3 is 2.29 bits per heavy atom. The number of carbonyl (C=O) groups excluding carboxylic acids is 2. The summed E-state index contributed by atoms with van der Waals surface area (Å²) in [6.07, 6.45) is 0.453. The lowest BCUT2D eigenvalue weighted by Gasteiger charge is -2.31. The zero-order chi connectivity index (χ0) is 24.3. The molecule has 0 bridgehead atoms. The second-order valence-corrected chi connectivity index (χ2v) is 9.59. The molecular formula is C28H31ClN2O2S. The first-order valence-electron chi connectivity index (χ1n) is 11.5. The normalized spacial score (nSPS) is 11.6. The highest BCUT2D eigenvalue weighted by Crippen LogP contribution is 2.20. The fourth-order valence-corrected chi connectivity index (χ4v) is 4.85. The molecule has 0 aliphatic heterocycles. The molecule has 0 saturated carbocycles. The van der Waals surface area contributed by atoms with Crippen LogP contribution in [0.15, 0.2) is 78.9 Å². The lowest BCUT2D eigenvalue weighted by atomic mass is 10.0. The van der Waals surface area contributed by atoms with Gasteiger partial charge in [-0.1, -0.05) is 78.3 Å². The number of carbonyl (C=O) groups is 2. The lowest BCUT2D eigenvalue weighted by molar-refractivity contribution is -0.139. The highest BCUT2D eigenvalue weighted by molar-refractivity contribution is 7.99. The van der Waals surface area contributed by atoms with Crippen molar-refractivity contribution in [3.8, 4) is 0 Å². The molecule has 0 unspecified atom stereocenters. The zero-order valence-electron chi connectivity index (χ0n) is 19.7. The van der Waals surface area contributed by atoms with Gasteiger partial charge in [0.1, 0.15) is 6.04 Å². The van der Waals surface area contributed by atoms with E-state index in [4.69, 9.17) is 11.6 Å². The van der Waals surface area contributed by atoms with Crippen molar-refractivity contribution in [1.29, 1.82) is 0 Å². The number of rotatable bonds is 11. The molecule has 3 aromatic rings. The Balaban J connectivity index is 1.82. The van der Waals surface area contributed by atoms with Gasteiger partial charge in [0.25, 0.3) is 0 Å². The van der Waals surface area contributed by atoms with Crippen LogP contribution in [0.1, 0.15) is 29.2 Å². The Morgan fingerprint density at radius 2 is 1.62 bits per heavy atom. The van der Waals surface area contributed by atoms with Crippen LogP contribution in [-0.2, 0) is 28.3 Å². The van der Waals surface area contributed by atoms with Crippen molar-refractivity contribution in [2.75, 3.05) is 12.3 Å². The van der Waals surface area contributed by atoms with E-state index in [0.29, 0.717) is 30.3 Å². The van der Waals surface area contributed by atoms with Crippen LogP contribution in [0.5, 0.6) is 0 Å². The van der Waals surface area contributed by atoms with Gasteiger partial charge in [-0.3, -0.25) is 9.59 Å². The van der Waals surface area contributed by atoms with Gasteiger partial charge in [-0.2, -0.15) is 0 Å². The summed E-state index contributed by atoms with van der Waals surface area (Å²) < 4.78 is 0. The van der Waals surface area contributed by atoms with E-state index < -0.39 is 6.04 Å². The van der Waals surface area contributed by atoms with Gasteiger partial charge >= 0.3 is 0 Å². The van der Waals surface area contributed by atoms with E-state index in [2.05, 4.69) is 24.4 Å². The van der Waals surface area contributed by atoms with Crippen molar-refractivity contribution >= 4 is 35.2 Å². The molecule has 2 amide bonds. The van der Waals surface area contributed by atoms with Gasteiger partial charge in [-0.15, -0.1) is 11.8 Å². The van der Waals surface area contributed by atoms with Crippen LogP contribution in [-0.4, -0.2) is 35.1 Å². The van der Waals surface area contributed by atoms with E-state index in [1.807, 2.05) is 73.7 Å². The third kappa shape index (κ3) is 7.64. The predicted octanol–water partition coefficient (Wildman–Crippen LogP) is 5.66. The largest absolute Gasteiger partial charge is 0.355 e. The fraction of sp³-hybridized carbons (Fsp3) is 0.286. The van der Waals surface area contributed by atoms with Gasteiger partial charge in [0.05, 0.1) is 5.75 Å². The molecule has 6 heteroatoms. The van der Waals surface area contributed by atoms with E-state index in [9.17, 15) is 9.59 Å². The minimum Gasteiger partial charge on any atom is -0.355 e. The third-order valence-electron chi connectivity index (χ3n) is 5.63. The van der Waals surface area contributed by atoms with Crippen molar-refractivity contribution < 1.29 is 9.59 Å². The molecule has 0 aliphatic rings. The van der Waals surface area contributed by atoms with Gasteiger partial charge in [0.2, 0.25) is 11.8 Å². The van der Waals surface area contributed by atoms with Crippen LogP contribution in [0.3, 0.4) is 0 Å². The molecule has 34 heavy (non-hydrogen) atoms. The summed E-state index contributed by atoms with van der Waals surface area (Å²) in [6, 6.07) is 24.9. The molecule has 1 N–H and O–H groups in total. The van der Waals surface area contributed by atoms with Crippen LogP contribution in [0.25, 0.3) is 0 Å². The van der Waals surface area contributed by atoms with E-state index in [-0.39, 0.29) is 11.8 Å². The first-order chi connectivity index (χ1) is 16.5. The molecule has 3 aromatic carbocycles. The molecule has 0 aromatic heterocycles. The molecular weight excluding hydrogens is 464 g/mol. The SMILES string of the molecule is CCNC(=O)[C@H](Cc1ccccc1)N(Cc1ccc(Cl)cc1)C(=O)CSCc1ccccc1C. The van der Waals surface area contributed by atoms with E-state index in [1.54, 1.807) is 16.7 Å². The van der Waals surface area contributed by atoms with Gasteiger partial charge in [0, 0.05) is 30.3 Å². The Kier molecular flexibility index (Phi) is 10.0. The first kappa shape index (κ1) is 25.9. The Labute approximate surface area is 211 Å². The van der Waals surface area contributed by atoms with Crippen LogP contribution < -0.4 is 5.32 Å². The molecule has 3 rings (SSSR count). The number of hydrogen-bond acceptors (Lipinski definition) is 3. The Bertz CT molecular complexity index is 1070. The Hall–Kier alpha value is -2.76. The number of thioether (sulfide) groups is 1. The van der Waals surface area contributed by atoms with Crippen molar-refractivity contribution in [3.05, 3.63) is 106 Å². The van der Waals surface area contributed by atoms with Crippen LogP contribution in [0, 0.1) is 6.92 Å². The summed E-state index contributed by atoms with van der Waals surface area (Å²) in [5.74, 6) is 0.850. The maximum absolute atomic E-state index is 13.5. The van der Waals surface area contributed by atoms with Crippen LogP contribution in [0.4, 0.5) is 0 Å². The van der Waals surface area contributed by atoms with E-state index in [1.165, 1.54) is 11.1 Å². The average Bonchev–Trinajstić information content (AvgIpc) is 2.84. The molecule has 178 valence electrons. The summed E-state index contributed by atoms with van der Waals surface area (Å²) in [4.78, 5) is 28.4. The number of aryl methyl sites for hydroxylation is 1. The van der Waals surface area contributed by atoms with Gasteiger partial charge < -0.3 is 10.2 Å². The number of benzene rings is 3. The molecule has 0 fully saturated rings. The second kappa shape index (κ2) is 13.2. The maximum atomic E-state index is 13.5. The summed E-state index contributed by atoms with van der Waals surface area (Å²) in [7, 11) is 0. The standard InChI is InChI=1S/C28H31ClN2O2S/c1-3-30-28(33)26(17-22-10-5-4-6-11-22)31(18-23-13-15-25(29)16-14-23)27(32)20-34-19-24-12-8-7-9-21(24)2/h4-16,26H,3,17-20H2,1-2H3,(H,30,33)/t26-/m0/s1. The van der Waals surface area contributed by atoms with Crippen molar-refractivity contribution in [1.82, 2.24) is 10.2 Å². The Morgan fingerprint density at radius 1 is 0.941 bits per heavy atom. The molecule has 0 spiro atoms. The monoisotopic (exact) mass is 494 g/mol. The van der Waals surface area contributed by atoms with E-state index >= 15 is 0 Å². The van der Waals surface area contributed by atoms with Crippen LogP contribution >= 0.6 is 23.4 Å². The molecule has 0 radical (unpaired) electrons.